The minimum absolute atomic E-state index is 0.163. The van der Waals surface area contributed by atoms with Crippen molar-refractivity contribution < 1.29 is 18.7 Å². The number of nitrogens with zero attached hydrogens (tertiary/aromatic N) is 4. The van der Waals surface area contributed by atoms with Gasteiger partial charge in [0.2, 0.25) is 0 Å². The summed E-state index contributed by atoms with van der Waals surface area (Å²) in [4.78, 5) is 25.8. The number of pyridine rings is 1. The molecule has 33 heavy (non-hydrogen) atoms. The minimum atomic E-state index is -2.48. The number of aromatic nitrogens is 3. The molecule has 0 bridgehead atoms. The van der Waals surface area contributed by atoms with Gasteiger partial charge in [0, 0.05) is 25.0 Å². The number of rotatable bonds is 13. The van der Waals surface area contributed by atoms with Gasteiger partial charge in [-0.3, -0.25) is 4.90 Å². The maximum Gasteiger partial charge on any atom is 0.326 e. The topological polar surface area (TPSA) is 103 Å². The standard InChI is InChI=1S/C22H29BrF2N6O2/c23-17-12-26-14-28-21(17)30-18(22(32)33)8-11-31(13-19(24)25)10-2-1-5-16-7-6-15-4-3-9-27-20(15)29-16/h6-7,12,14,18-19H,1-5,8-11,13H2,(H,27,29)(H,32,33)(H,26,28,30)/t18-/m0/s1. The lowest BCUT2D eigenvalue weighted by Gasteiger charge is -2.24. The zero-order valence-corrected chi connectivity index (χ0v) is 19.9. The first-order valence-electron chi connectivity index (χ1n) is 11.1. The SMILES string of the molecule is O=C(O)[C@H](CCN(CCCCc1ccc2c(n1)NCCC2)CC(F)F)Nc1ncncc1Br. The van der Waals surface area contributed by atoms with Crippen LogP contribution in [0.2, 0.25) is 0 Å². The Kier molecular flexibility index (Phi) is 9.74. The number of carboxylic acid groups (broad SMARTS) is 1. The molecule has 3 rings (SSSR count). The summed E-state index contributed by atoms with van der Waals surface area (Å²) in [6.45, 7) is 1.26. The molecule has 0 amide bonds. The van der Waals surface area contributed by atoms with Crippen LogP contribution in [0.1, 0.15) is 36.9 Å². The molecule has 1 atom stereocenters. The van der Waals surface area contributed by atoms with Gasteiger partial charge in [0.05, 0.1) is 11.0 Å². The quantitative estimate of drug-likeness (QED) is 0.338. The zero-order valence-electron chi connectivity index (χ0n) is 18.3. The second kappa shape index (κ2) is 12.7. The van der Waals surface area contributed by atoms with Gasteiger partial charge in [-0.25, -0.2) is 28.5 Å². The van der Waals surface area contributed by atoms with Crippen LogP contribution in [0.3, 0.4) is 0 Å². The molecule has 1 aliphatic rings. The third-order valence-electron chi connectivity index (χ3n) is 5.52. The van der Waals surface area contributed by atoms with E-state index in [1.165, 1.54) is 18.1 Å². The molecule has 3 heterocycles. The van der Waals surface area contributed by atoms with Crippen LogP contribution in [0.25, 0.3) is 0 Å². The Labute approximate surface area is 200 Å². The molecule has 2 aromatic heterocycles. The second-order valence-electron chi connectivity index (χ2n) is 8.03. The molecule has 3 N–H and O–H groups in total. The molecule has 0 spiro atoms. The summed E-state index contributed by atoms with van der Waals surface area (Å²) in [6, 6.07) is 3.20. The molecule has 0 saturated carbocycles. The Bertz CT molecular complexity index is 920. The number of alkyl halides is 2. The first-order chi connectivity index (χ1) is 15.9. The first-order valence-corrected chi connectivity index (χ1v) is 11.9. The number of hydrogen-bond acceptors (Lipinski definition) is 7. The summed E-state index contributed by atoms with van der Waals surface area (Å²) in [5.41, 5.74) is 2.23. The van der Waals surface area contributed by atoms with Gasteiger partial charge in [-0.2, -0.15) is 0 Å². The van der Waals surface area contributed by atoms with Gasteiger partial charge < -0.3 is 15.7 Å². The lowest BCUT2D eigenvalue weighted by Crippen LogP contribution is -2.37. The molecule has 2 aromatic rings. The Balaban J connectivity index is 1.48. The van der Waals surface area contributed by atoms with E-state index in [1.807, 2.05) is 6.07 Å². The minimum Gasteiger partial charge on any atom is -0.480 e. The summed E-state index contributed by atoms with van der Waals surface area (Å²) in [5, 5.41) is 15.7. The van der Waals surface area contributed by atoms with Gasteiger partial charge in [-0.15, -0.1) is 0 Å². The molecule has 11 heteroatoms. The molecule has 8 nitrogen and oxygen atoms in total. The van der Waals surface area contributed by atoms with Gasteiger partial charge in [-0.1, -0.05) is 6.07 Å². The summed E-state index contributed by atoms with van der Waals surface area (Å²) >= 11 is 3.27. The maximum absolute atomic E-state index is 13.1. The van der Waals surface area contributed by atoms with Crippen molar-refractivity contribution in [2.45, 2.75) is 51.0 Å². The molecular formula is C22H29BrF2N6O2. The lowest BCUT2D eigenvalue weighted by molar-refractivity contribution is -0.138. The fourth-order valence-corrected chi connectivity index (χ4v) is 4.13. The number of unbranched alkanes of at least 4 members (excludes halogenated alkanes) is 1. The zero-order chi connectivity index (χ0) is 23.6. The molecule has 180 valence electrons. The third kappa shape index (κ3) is 8.15. The van der Waals surface area contributed by atoms with E-state index in [1.54, 1.807) is 4.90 Å². The predicted molar refractivity (Wildman–Crippen MR) is 126 cm³/mol. The van der Waals surface area contributed by atoms with Gasteiger partial charge in [-0.05, 0) is 72.6 Å². The van der Waals surface area contributed by atoms with E-state index in [0.29, 0.717) is 16.8 Å². The summed E-state index contributed by atoms with van der Waals surface area (Å²) < 4.78 is 26.7. The largest absolute Gasteiger partial charge is 0.480 e. The van der Waals surface area contributed by atoms with Crippen molar-refractivity contribution in [3.8, 4) is 0 Å². The van der Waals surface area contributed by atoms with Crippen LogP contribution in [-0.2, 0) is 17.6 Å². The number of carbonyl (C=O) groups is 1. The third-order valence-corrected chi connectivity index (χ3v) is 6.10. The number of fused-ring (bicyclic) bond motifs is 1. The van der Waals surface area contributed by atoms with Crippen molar-refractivity contribution >= 4 is 33.5 Å². The van der Waals surface area contributed by atoms with Gasteiger partial charge >= 0.3 is 5.97 Å². The summed E-state index contributed by atoms with van der Waals surface area (Å²) in [5.74, 6) is 0.245. The second-order valence-corrected chi connectivity index (χ2v) is 8.89. The molecule has 0 aromatic carbocycles. The highest BCUT2D eigenvalue weighted by molar-refractivity contribution is 9.10. The van der Waals surface area contributed by atoms with Crippen molar-refractivity contribution in [2.75, 3.05) is 36.8 Å². The van der Waals surface area contributed by atoms with Crippen LogP contribution in [0.15, 0.2) is 29.1 Å². The first kappa shape index (κ1) is 25.2. The van der Waals surface area contributed by atoms with Crippen LogP contribution in [0.4, 0.5) is 20.4 Å². The highest BCUT2D eigenvalue weighted by atomic mass is 79.9. The Morgan fingerprint density at radius 3 is 2.91 bits per heavy atom. The van der Waals surface area contributed by atoms with Crippen LogP contribution >= 0.6 is 15.9 Å². The number of carboxylic acids is 1. The highest BCUT2D eigenvalue weighted by Gasteiger charge is 2.21. The van der Waals surface area contributed by atoms with Crippen molar-refractivity contribution in [2.24, 2.45) is 0 Å². The van der Waals surface area contributed by atoms with Crippen LogP contribution in [0.5, 0.6) is 0 Å². The van der Waals surface area contributed by atoms with E-state index < -0.39 is 18.4 Å². The highest BCUT2D eigenvalue weighted by Crippen LogP contribution is 2.21. The number of anilines is 2. The van der Waals surface area contributed by atoms with Gasteiger partial charge in [0.15, 0.2) is 0 Å². The molecule has 0 unspecified atom stereocenters. The predicted octanol–water partition coefficient (Wildman–Crippen LogP) is 3.84. The number of nitrogens with one attached hydrogen (secondary N) is 2. The average molecular weight is 527 g/mol. The Hall–Kier alpha value is -2.40. The molecular weight excluding hydrogens is 498 g/mol. The fourth-order valence-electron chi connectivity index (χ4n) is 3.79. The summed E-state index contributed by atoms with van der Waals surface area (Å²) in [7, 11) is 0. The fraction of sp³-hybridized carbons (Fsp3) is 0.545. The number of aryl methyl sites for hydroxylation is 2. The van der Waals surface area contributed by atoms with Crippen LogP contribution in [-0.4, -0.2) is 69.6 Å². The molecule has 0 saturated heterocycles. The van der Waals surface area contributed by atoms with E-state index in [4.69, 9.17) is 0 Å². The normalized spacial score (nSPS) is 14.1. The van der Waals surface area contributed by atoms with Crippen molar-refractivity contribution in [3.63, 3.8) is 0 Å². The maximum atomic E-state index is 13.1. The number of aliphatic carboxylic acids is 1. The van der Waals surface area contributed by atoms with Crippen LogP contribution in [0, 0.1) is 0 Å². The van der Waals surface area contributed by atoms with Gasteiger partial charge in [0.1, 0.15) is 24.0 Å². The molecule has 0 radical (unpaired) electrons. The van der Waals surface area contributed by atoms with E-state index in [-0.39, 0.29) is 19.5 Å². The molecule has 1 aliphatic heterocycles. The number of hydrogen-bond donors (Lipinski definition) is 3. The lowest BCUT2D eigenvalue weighted by atomic mass is 10.1. The molecule has 0 aliphatic carbocycles. The molecule has 0 fully saturated rings. The average Bonchev–Trinajstić information content (AvgIpc) is 2.79. The van der Waals surface area contributed by atoms with Crippen molar-refractivity contribution in [3.05, 3.63) is 40.4 Å². The Morgan fingerprint density at radius 1 is 1.30 bits per heavy atom. The summed E-state index contributed by atoms with van der Waals surface area (Å²) in [6.07, 6.45) is 4.97. The van der Waals surface area contributed by atoms with Crippen molar-refractivity contribution in [1.82, 2.24) is 19.9 Å². The monoisotopic (exact) mass is 526 g/mol. The van der Waals surface area contributed by atoms with E-state index in [2.05, 4.69) is 47.6 Å². The van der Waals surface area contributed by atoms with E-state index in [0.717, 1.165) is 50.2 Å². The number of halogens is 3. The van der Waals surface area contributed by atoms with Crippen LogP contribution < -0.4 is 10.6 Å². The van der Waals surface area contributed by atoms with Crippen molar-refractivity contribution in [1.29, 1.82) is 0 Å². The van der Waals surface area contributed by atoms with E-state index in [9.17, 15) is 18.7 Å². The van der Waals surface area contributed by atoms with Gasteiger partial charge in [0.25, 0.3) is 6.43 Å². The smallest absolute Gasteiger partial charge is 0.326 e. The Morgan fingerprint density at radius 2 is 2.15 bits per heavy atom. The van der Waals surface area contributed by atoms with E-state index >= 15 is 0 Å².